The molecule has 0 saturated carbocycles. The highest BCUT2D eigenvalue weighted by Gasteiger charge is 2.21. The Bertz CT molecular complexity index is 1110. The molecule has 2 aromatic carbocycles. The average Bonchev–Trinajstić information content (AvgIpc) is 3.05. The fourth-order valence-electron chi connectivity index (χ4n) is 3.19. The lowest BCUT2D eigenvalue weighted by Gasteiger charge is -2.06. The quantitative estimate of drug-likeness (QED) is 0.717. The molecule has 0 atom stereocenters. The molecule has 0 saturated heterocycles. The monoisotopic (exact) mass is 364 g/mol. The van der Waals surface area contributed by atoms with E-state index in [-0.39, 0.29) is 11.1 Å². The van der Waals surface area contributed by atoms with Crippen LogP contribution in [0, 0.1) is 0 Å². The summed E-state index contributed by atoms with van der Waals surface area (Å²) in [7, 11) is 0. The van der Waals surface area contributed by atoms with E-state index in [9.17, 15) is 14.7 Å². The second kappa shape index (κ2) is 6.46. The van der Waals surface area contributed by atoms with Crippen LogP contribution >= 0.6 is 11.8 Å². The van der Waals surface area contributed by atoms with Gasteiger partial charge in [0.15, 0.2) is 0 Å². The van der Waals surface area contributed by atoms with E-state index >= 15 is 0 Å². The van der Waals surface area contributed by atoms with Crippen LogP contribution in [0.2, 0.25) is 0 Å². The van der Waals surface area contributed by atoms with Crippen LogP contribution in [-0.4, -0.2) is 26.9 Å². The van der Waals surface area contributed by atoms with Crippen molar-refractivity contribution in [1.82, 2.24) is 9.55 Å². The molecule has 0 unspecified atom stereocenters. The summed E-state index contributed by atoms with van der Waals surface area (Å²) < 4.78 is 1.67. The summed E-state index contributed by atoms with van der Waals surface area (Å²) in [5.74, 6) is -0.405. The molecule has 130 valence electrons. The number of thioether (sulfide) groups is 1. The molecular weight excluding hydrogens is 348 g/mol. The summed E-state index contributed by atoms with van der Waals surface area (Å²) in [6.07, 6.45) is 4.81. The summed E-state index contributed by atoms with van der Waals surface area (Å²) in [6.45, 7) is 0.590. The fraction of sp³-hybridized carbons (Fsp3) is 0.150. The second-order valence-electron chi connectivity index (χ2n) is 6.12. The van der Waals surface area contributed by atoms with E-state index in [2.05, 4.69) is 17.1 Å². The van der Waals surface area contributed by atoms with Gasteiger partial charge in [0.25, 0.3) is 5.56 Å². The van der Waals surface area contributed by atoms with Crippen molar-refractivity contribution < 1.29 is 9.90 Å². The predicted molar refractivity (Wildman–Crippen MR) is 104 cm³/mol. The van der Waals surface area contributed by atoms with Gasteiger partial charge in [0.2, 0.25) is 0 Å². The number of benzene rings is 2. The minimum absolute atomic E-state index is 0.122. The normalized spacial score (nSPS) is 14.7. The molecule has 1 aliphatic rings. The molecule has 0 radical (unpaired) electrons. The zero-order valence-corrected chi connectivity index (χ0v) is 14.9. The SMILES string of the molecule is CSc1ccc(/C=C2\CCn3c2nc2cc(C(=O)O)ccc2c3=O)cc1. The van der Waals surface area contributed by atoms with Gasteiger partial charge in [-0.05, 0) is 60.2 Å². The lowest BCUT2D eigenvalue weighted by atomic mass is 10.1. The van der Waals surface area contributed by atoms with Crippen LogP contribution in [0.15, 0.2) is 52.2 Å². The third-order valence-electron chi connectivity index (χ3n) is 4.55. The minimum Gasteiger partial charge on any atom is -0.478 e. The van der Waals surface area contributed by atoms with Crippen molar-refractivity contribution in [3.05, 3.63) is 69.8 Å². The smallest absolute Gasteiger partial charge is 0.335 e. The Morgan fingerprint density at radius 1 is 1.23 bits per heavy atom. The molecule has 0 aliphatic carbocycles. The molecule has 0 bridgehead atoms. The molecule has 0 spiro atoms. The number of carboxylic acid groups (broad SMARTS) is 1. The van der Waals surface area contributed by atoms with Crippen molar-refractivity contribution in [3.8, 4) is 0 Å². The molecular formula is C20H16N2O3S. The number of aromatic nitrogens is 2. The number of allylic oxidation sites excluding steroid dienone is 1. The number of carboxylic acids is 1. The predicted octanol–water partition coefficient (Wildman–Crippen LogP) is 3.76. The lowest BCUT2D eigenvalue weighted by Crippen LogP contribution is -2.20. The highest BCUT2D eigenvalue weighted by Crippen LogP contribution is 2.28. The topological polar surface area (TPSA) is 72.2 Å². The van der Waals surface area contributed by atoms with Gasteiger partial charge < -0.3 is 5.11 Å². The summed E-state index contributed by atoms with van der Waals surface area (Å²) in [4.78, 5) is 29.7. The van der Waals surface area contributed by atoms with Gasteiger partial charge >= 0.3 is 5.97 Å². The van der Waals surface area contributed by atoms with Crippen molar-refractivity contribution in [2.24, 2.45) is 0 Å². The standard InChI is InChI=1S/C20H16N2O3S/c1-26-15-5-2-12(3-6-15)10-13-8-9-22-18(13)21-17-11-14(20(24)25)4-7-16(17)19(22)23/h2-7,10-11H,8-9H2,1H3,(H,24,25)/b13-10+. The van der Waals surface area contributed by atoms with E-state index in [0.29, 0.717) is 23.3 Å². The van der Waals surface area contributed by atoms with E-state index in [1.165, 1.54) is 17.0 Å². The second-order valence-corrected chi connectivity index (χ2v) is 7.00. The van der Waals surface area contributed by atoms with E-state index in [1.807, 2.05) is 24.5 Å². The molecule has 1 N–H and O–H groups in total. The molecule has 26 heavy (non-hydrogen) atoms. The summed E-state index contributed by atoms with van der Waals surface area (Å²) in [5.41, 5.74) is 2.47. The van der Waals surface area contributed by atoms with Gasteiger partial charge in [-0.3, -0.25) is 9.36 Å². The summed E-state index contributed by atoms with van der Waals surface area (Å²) in [5, 5.41) is 9.62. The Balaban J connectivity index is 1.84. The average molecular weight is 364 g/mol. The minimum atomic E-state index is -1.03. The van der Waals surface area contributed by atoms with E-state index in [1.54, 1.807) is 22.4 Å². The highest BCUT2D eigenvalue weighted by molar-refractivity contribution is 7.98. The number of fused-ring (bicyclic) bond motifs is 2. The third kappa shape index (κ3) is 2.82. The largest absolute Gasteiger partial charge is 0.478 e. The van der Waals surface area contributed by atoms with Gasteiger partial charge in [-0.1, -0.05) is 12.1 Å². The zero-order chi connectivity index (χ0) is 18.3. The first kappa shape index (κ1) is 16.6. The van der Waals surface area contributed by atoms with Gasteiger partial charge in [-0.2, -0.15) is 0 Å². The van der Waals surface area contributed by atoms with Gasteiger partial charge in [0.05, 0.1) is 16.5 Å². The number of hydrogen-bond acceptors (Lipinski definition) is 4. The lowest BCUT2D eigenvalue weighted by molar-refractivity contribution is 0.0697. The van der Waals surface area contributed by atoms with E-state index < -0.39 is 5.97 Å². The Kier molecular flexibility index (Phi) is 4.12. The molecule has 6 heteroatoms. The maximum atomic E-state index is 12.7. The Morgan fingerprint density at radius 2 is 2.00 bits per heavy atom. The van der Waals surface area contributed by atoms with Gasteiger partial charge in [-0.25, -0.2) is 9.78 Å². The molecule has 0 fully saturated rings. The molecule has 5 nitrogen and oxygen atoms in total. The van der Waals surface area contributed by atoms with Crippen molar-refractivity contribution in [2.45, 2.75) is 17.9 Å². The number of hydrogen-bond donors (Lipinski definition) is 1. The maximum Gasteiger partial charge on any atom is 0.335 e. The zero-order valence-electron chi connectivity index (χ0n) is 14.1. The first-order valence-corrected chi connectivity index (χ1v) is 9.42. The number of rotatable bonds is 3. The van der Waals surface area contributed by atoms with Crippen molar-refractivity contribution in [2.75, 3.05) is 6.26 Å². The molecule has 3 aromatic rings. The van der Waals surface area contributed by atoms with Crippen molar-refractivity contribution in [3.63, 3.8) is 0 Å². The van der Waals surface area contributed by atoms with Crippen LogP contribution in [0.5, 0.6) is 0 Å². The van der Waals surface area contributed by atoms with Crippen molar-refractivity contribution >= 4 is 40.3 Å². The fourth-order valence-corrected chi connectivity index (χ4v) is 3.60. The Morgan fingerprint density at radius 3 is 2.69 bits per heavy atom. The molecule has 1 aromatic heterocycles. The molecule has 4 rings (SSSR count). The van der Waals surface area contributed by atoms with Gasteiger partial charge in [-0.15, -0.1) is 11.8 Å². The highest BCUT2D eigenvalue weighted by atomic mass is 32.2. The van der Waals surface area contributed by atoms with E-state index in [0.717, 1.165) is 17.6 Å². The van der Waals surface area contributed by atoms with Crippen LogP contribution in [0.1, 0.15) is 28.2 Å². The maximum absolute atomic E-state index is 12.7. The van der Waals surface area contributed by atoms with Crippen LogP contribution in [0.4, 0.5) is 0 Å². The summed E-state index contributed by atoms with van der Waals surface area (Å²) >= 11 is 1.69. The van der Waals surface area contributed by atoms with Crippen LogP contribution in [0.25, 0.3) is 22.6 Å². The number of nitrogens with zero attached hydrogens (tertiary/aromatic N) is 2. The Hall–Kier alpha value is -2.86. The first-order valence-electron chi connectivity index (χ1n) is 8.20. The Labute approximate surface area is 154 Å². The van der Waals surface area contributed by atoms with Crippen molar-refractivity contribution in [1.29, 1.82) is 0 Å². The van der Waals surface area contributed by atoms with E-state index in [4.69, 9.17) is 0 Å². The van der Waals surface area contributed by atoms with Gasteiger partial charge in [0, 0.05) is 11.4 Å². The summed E-state index contributed by atoms with van der Waals surface area (Å²) in [6, 6.07) is 12.7. The third-order valence-corrected chi connectivity index (χ3v) is 5.29. The van der Waals surface area contributed by atoms with Crippen LogP contribution in [-0.2, 0) is 6.54 Å². The molecule has 1 aliphatic heterocycles. The van der Waals surface area contributed by atoms with Crippen LogP contribution < -0.4 is 5.56 Å². The van der Waals surface area contributed by atoms with Gasteiger partial charge in [0.1, 0.15) is 5.82 Å². The molecule has 2 heterocycles. The number of carbonyl (C=O) groups is 1. The number of aromatic carboxylic acids is 1. The van der Waals surface area contributed by atoms with Crippen LogP contribution in [0.3, 0.4) is 0 Å². The first-order chi connectivity index (χ1) is 12.6. The molecule has 0 amide bonds.